The third-order valence-electron chi connectivity index (χ3n) is 2.92. The molecule has 0 unspecified atom stereocenters. The van der Waals surface area contributed by atoms with Crippen LogP contribution in [0.15, 0.2) is 79.1 Å². The highest BCUT2D eigenvalue weighted by Gasteiger charge is 2.07. The Balaban J connectivity index is 2.00. The van der Waals surface area contributed by atoms with Gasteiger partial charge in [-0.2, -0.15) is 0 Å². The van der Waals surface area contributed by atoms with Crippen molar-refractivity contribution in [3.8, 4) is 5.75 Å². The summed E-state index contributed by atoms with van der Waals surface area (Å²) in [6, 6.07) is 16.4. The van der Waals surface area contributed by atoms with E-state index < -0.39 is 0 Å². The van der Waals surface area contributed by atoms with Crippen molar-refractivity contribution >= 4 is 5.78 Å². The third kappa shape index (κ3) is 4.46. The lowest BCUT2D eigenvalue weighted by molar-refractivity contribution is 0.103. The molecule has 0 bridgehead atoms. The zero-order chi connectivity index (χ0) is 14.9. The zero-order valence-corrected chi connectivity index (χ0v) is 12.0. The Labute approximate surface area is 125 Å². The molecule has 0 aliphatic carbocycles. The number of rotatable bonds is 6. The maximum atomic E-state index is 12.2. The molecule has 0 spiro atoms. The molecule has 21 heavy (non-hydrogen) atoms. The maximum absolute atomic E-state index is 12.2. The molecule has 106 valence electrons. The Morgan fingerprint density at radius 1 is 0.952 bits per heavy atom. The first-order valence-electron chi connectivity index (χ1n) is 6.99. The highest BCUT2D eigenvalue weighted by atomic mass is 16.5. The van der Waals surface area contributed by atoms with Gasteiger partial charge in [0.2, 0.25) is 0 Å². The van der Waals surface area contributed by atoms with Crippen molar-refractivity contribution in [2.75, 3.05) is 0 Å². The summed E-state index contributed by atoms with van der Waals surface area (Å²) in [6.45, 7) is 2.08. The van der Waals surface area contributed by atoms with Crippen LogP contribution in [0.25, 0.3) is 0 Å². The minimum atomic E-state index is 0.0172. The molecular formula is C19H18O2. The number of carbonyl (C=O) groups is 1. The van der Waals surface area contributed by atoms with Gasteiger partial charge in [0.1, 0.15) is 5.75 Å². The lowest BCUT2D eigenvalue weighted by atomic mass is 10.0. The molecule has 0 heterocycles. The van der Waals surface area contributed by atoms with Crippen LogP contribution in [0, 0.1) is 0 Å². The number of hydrogen-bond donors (Lipinski definition) is 0. The Hall–Kier alpha value is -2.61. The molecule has 0 saturated carbocycles. The Bertz CT molecular complexity index is 622. The van der Waals surface area contributed by atoms with E-state index in [0.29, 0.717) is 16.9 Å². The monoisotopic (exact) mass is 278 g/mol. The van der Waals surface area contributed by atoms with Crippen molar-refractivity contribution in [2.45, 2.75) is 13.3 Å². The molecule has 0 aliphatic rings. The summed E-state index contributed by atoms with van der Waals surface area (Å²) in [5.41, 5.74) is 1.35. The highest BCUT2D eigenvalue weighted by Crippen LogP contribution is 2.15. The van der Waals surface area contributed by atoms with Crippen LogP contribution < -0.4 is 4.74 Å². The molecule has 2 aromatic carbocycles. The van der Waals surface area contributed by atoms with Crippen molar-refractivity contribution in [1.29, 1.82) is 0 Å². The molecule has 2 rings (SSSR count). The maximum Gasteiger partial charge on any atom is 0.193 e. The van der Waals surface area contributed by atoms with Gasteiger partial charge in [-0.3, -0.25) is 4.79 Å². The van der Waals surface area contributed by atoms with Gasteiger partial charge in [0.15, 0.2) is 5.78 Å². The van der Waals surface area contributed by atoms with E-state index in [4.69, 9.17) is 4.74 Å². The van der Waals surface area contributed by atoms with Crippen LogP contribution >= 0.6 is 0 Å². The van der Waals surface area contributed by atoms with Crippen LogP contribution in [0.1, 0.15) is 29.3 Å². The summed E-state index contributed by atoms with van der Waals surface area (Å²) in [5, 5.41) is 0. The second kappa shape index (κ2) is 7.85. The first kappa shape index (κ1) is 14.8. The van der Waals surface area contributed by atoms with Gasteiger partial charge >= 0.3 is 0 Å². The minimum absolute atomic E-state index is 0.0172. The standard InChI is InChI=1S/C19H18O2/c1-2-3-4-8-15-21-18-13-11-17(12-14-18)19(20)16-9-6-5-7-10-16/h3-15H,2H2,1H3. The van der Waals surface area contributed by atoms with Crippen LogP contribution in [0.5, 0.6) is 5.75 Å². The van der Waals surface area contributed by atoms with Crippen LogP contribution in [0.4, 0.5) is 0 Å². The number of hydrogen-bond acceptors (Lipinski definition) is 2. The van der Waals surface area contributed by atoms with E-state index in [1.807, 2.05) is 48.6 Å². The zero-order valence-electron chi connectivity index (χ0n) is 12.0. The normalized spacial score (nSPS) is 11.1. The predicted molar refractivity (Wildman–Crippen MR) is 85.5 cm³/mol. The fourth-order valence-corrected chi connectivity index (χ4v) is 1.82. The molecule has 0 amide bonds. The van der Waals surface area contributed by atoms with Crippen molar-refractivity contribution in [1.82, 2.24) is 0 Å². The number of ether oxygens (including phenoxy) is 1. The van der Waals surface area contributed by atoms with Crippen molar-refractivity contribution < 1.29 is 9.53 Å². The second-order valence-electron chi connectivity index (χ2n) is 4.50. The van der Waals surface area contributed by atoms with E-state index in [1.165, 1.54) is 0 Å². The Morgan fingerprint density at radius 3 is 2.29 bits per heavy atom. The van der Waals surface area contributed by atoms with Gasteiger partial charge in [-0.1, -0.05) is 49.4 Å². The first-order chi connectivity index (χ1) is 10.3. The summed E-state index contributed by atoms with van der Waals surface area (Å²) in [7, 11) is 0. The molecule has 2 heteroatoms. The Kier molecular flexibility index (Phi) is 5.53. The van der Waals surface area contributed by atoms with Crippen LogP contribution in [-0.2, 0) is 0 Å². The molecule has 0 aliphatic heterocycles. The predicted octanol–water partition coefficient (Wildman–Crippen LogP) is 4.78. The molecular weight excluding hydrogens is 260 g/mol. The molecule has 0 atom stereocenters. The van der Waals surface area contributed by atoms with E-state index >= 15 is 0 Å². The summed E-state index contributed by atoms with van der Waals surface area (Å²) >= 11 is 0. The SMILES string of the molecule is CCC=CC=COc1ccc(C(=O)c2ccccc2)cc1. The van der Waals surface area contributed by atoms with E-state index in [1.54, 1.807) is 30.5 Å². The average molecular weight is 278 g/mol. The van der Waals surface area contributed by atoms with Crippen LogP contribution in [0.3, 0.4) is 0 Å². The molecule has 2 aromatic rings. The highest BCUT2D eigenvalue weighted by molar-refractivity contribution is 6.08. The van der Waals surface area contributed by atoms with E-state index in [2.05, 4.69) is 6.92 Å². The van der Waals surface area contributed by atoms with Gasteiger partial charge in [-0.05, 0) is 36.8 Å². The molecule has 0 saturated heterocycles. The largest absolute Gasteiger partial charge is 0.465 e. The van der Waals surface area contributed by atoms with Crippen molar-refractivity contribution in [2.24, 2.45) is 0 Å². The van der Waals surface area contributed by atoms with Crippen LogP contribution in [0.2, 0.25) is 0 Å². The summed E-state index contributed by atoms with van der Waals surface area (Å²) in [6.07, 6.45) is 8.45. The van der Waals surface area contributed by atoms with Crippen molar-refractivity contribution in [3.63, 3.8) is 0 Å². The van der Waals surface area contributed by atoms with E-state index in [-0.39, 0.29) is 5.78 Å². The van der Waals surface area contributed by atoms with Gasteiger partial charge in [0.05, 0.1) is 6.26 Å². The van der Waals surface area contributed by atoms with Crippen LogP contribution in [-0.4, -0.2) is 5.78 Å². The molecule has 0 aromatic heterocycles. The van der Waals surface area contributed by atoms with E-state index in [0.717, 1.165) is 6.42 Å². The van der Waals surface area contributed by atoms with Gasteiger partial charge < -0.3 is 4.74 Å². The Morgan fingerprint density at radius 2 is 1.62 bits per heavy atom. The smallest absolute Gasteiger partial charge is 0.193 e. The topological polar surface area (TPSA) is 26.3 Å². The minimum Gasteiger partial charge on any atom is -0.465 e. The quantitative estimate of drug-likeness (QED) is 0.432. The van der Waals surface area contributed by atoms with Crippen molar-refractivity contribution in [3.05, 3.63) is 90.2 Å². The van der Waals surface area contributed by atoms with Gasteiger partial charge in [-0.15, -0.1) is 0 Å². The molecule has 0 N–H and O–H groups in total. The van der Waals surface area contributed by atoms with Gasteiger partial charge in [0, 0.05) is 11.1 Å². The average Bonchev–Trinajstić information content (AvgIpc) is 2.55. The lowest BCUT2D eigenvalue weighted by Crippen LogP contribution is -2.00. The fourth-order valence-electron chi connectivity index (χ4n) is 1.82. The van der Waals surface area contributed by atoms with Gasteiger partial charge in [-0.25, -0.2) is 0 Å². The van der Waals surface area contributed by atoms with E-state index in [9.17, 15) is 4.79 Å². The summed E-state index contributed by atoms with van der Waals surface area (Å²) in [5.74, 6) is 0.726. The summed E-state index contributed by atoms with van der Waals surface area (Å²) < 4.78 is 5.45. The van der Waals surface area contributed by atoms with Gasteiger partial charge in [0.25, 0.3) is 0 Å². The number of benzene rings is 2. The molecule has 2 nitrogen and oxygen atoms in total. The summed E-state index contributed by atoms with van der Waals surface area (Å²) in [4.78, 5) is 12.2. The number of carbonyl (C=O) groups excluding carboxylic acids is 1. The molecule has 0 radical (unpaired) electrons. The second-order valence-corrected chi connectivity index (χ2v) is 4.50. The number of allylic oxidation sites excluding steroid dienone is 3. The first-order valence-corrected chi connectivity index (χ1v) is 6.99. The fraction of sp³-hybridized carbons (Fsp3) is 0.105. The third-order valence-corrected chi connectivity index (χ3v) is 2.92. The number of ketones is 1. The lowest BCUT2D eigenvalue weighted by Gasteiger charge is -2.03. The molecule has 0 fully saturated rings.